The standard InChI is InChI=1S/C15H15N7O2/c1-17-13(23)12-8-11(5-6-18-12)24-10-4-2-3-9(7-10)19-15-20-14(16)21-22-15/h2-8H,1H3,(H,17,23)(H4,16,19,20,21,22). The number of nitrogens with zero attached hydrogens (tertiary/aromatic N) is 3. The zero-order valence-corrected chi connectivity index (χ0v) is 12.8. The molecule has 0 atom stereocenters. The molecule has 3 aromatic rings. The van der Waals surface area contributed by atoms with E-state index in [2.05, 4.69) is 30.8 Å². The third kappa shape index (κ3) is 3.58. The van der Waals surface area contributed by atoms with Crippen molar-refractivity contribution in [2.45, 2.75) is 0 Å². The maximum Gasteiger partial charge on any atom is 0.269 e. The number of benzene rings is 1. The summed E-state index contributed by atoms with van der Waals surface area (Å²) in [5.74, 6) is 1.46. The number of hydrogen-bond acceptors (Lipinski definition) is 7. The Morgan fingerprint density at radius 1 is 1.21 bits per heavy atom. The highest BCUT2D eigenvalue weighted by atomic mass is 16.5. The van der Waals surface area contributed by atoms with Crippen molar-refractivity contribution in [3.05, 3.63) is 48.3 Å². The van der Waals surface area contributed by atoms with Crippen LogP contribution in [0.15, 0.2) is 42.6 Å². The summed E-state index contributed by atoms with van der Waals surface area (Å²) in [5, 5.41) is 13.0. The predicted octanol–water partition coefficient (Wildman–Crippen LogP) is 1.68. The van der Waals surface area contributed by atoms with E-state index in [1.165, 1.54) is 6.20 Å². The highest BCUT2D eigenvalue weighted by Gasteiger charge is 2.07. The van der Waals surface area contributed by atoms with Crippen molar-refractivity contribution in [1.82, 2.24) is 25.5 Å². The molecule has 2 heterocycles. The first-order valence-corrected chi connectivity index (χ1v) is 7.05. The number of aromatic amines is 1. The lowest BCUT2D eigenvalue weighted by Gasteiger charge is -2.09. The Morgan fingerprint density at radius 3 is 2.79 bits per heavy atom. The van der Waals surface area contributed by atoms with Gasteiger partial charge in [0.2, 0.25) is 11.9 Å². The van der Waals surface area contributed by atoms with Gasteiger partial charge in [0.15, 0.2) is 0 Å². The van der Waals surface area contributed by atoms with Crippen LogP contribution in [0.2, 0.25) is 0 Å². The molecule has 2 aromatic heterocycles. The van der Waals surface area contributed by atoms with Crippen LogP contribution in [0.25, 0.3) is 0 Å². The first-order chi connectivity index (χ1) is 11.6. The average Bonchev–Trinajstić information content (AvgIpc) is 2.99. The Morgan fingerprint density at radius 2 is 2.04 bits per heavy atom. The smallest absolute Gasteiger partial charge is 0.269 e. The van der Waals surface area contributed by atoms with E-state index in [9.17, 15) is 4.79 Å². The van der Waals surface area contributed by atoms with Crippen LogP contribution in [0, 0.1) is 0 Å². The number of carbonyl (C=O) groups excluding carboxylic acids is 1. The van der Waals surface area contributed by atoms with Crippen molar-refractivity contribution in [1.29, 1.82) is 0 Å². The number of amides is 1. The van der Waals surface area contributed by atoms with Crippen LogP contribution in [0.3, 0.4) is 0 Å². The average molecular weight is 325 g/mol. The Balaban J connectivity index is 1.76. The lowest BCUT2D eigenvalue weighted by Crippen LogP contribution is -2.18. The molecule has 122 valence electrons. The number of pyridine rings is 1. The number of nitrogens with one attached hydrogen (secondary N) is 3. The van der Waals surface area contributed by atoms with Crippen molar-refractivity contribution in [2.75, 3.05) is 18.1 Å². The van der Waals surface area contributed by atoms with Crippen molar-refractivity contribution < 1.29 is 9.53 Å². The number of ether oxygens (including phenoxy) is 1. The van der Waals surface area contributed by atoms with Crippen molar-refractivity contribution >= 4 is 23.5 Å². The molecule has 24 heavy (non-hydrogen) atoms. The zero-order valence-electron chi connectivity index (χ0n) is 12.8. The number of H-pyrrole nitrogens is 1. The maximum atomic E-state index is 11.6. The molecular formula is C15H15N7O2. The third-order valence-corrected chi connectivity index (χ3v) is 3.03. The summed E-state index contributed by atoms with van der Waals surface area (Å²) in [7, 11) is 1.54. The normalized spacial score (nSPS) is 10.2. The molecule has 0 radical (unpaired) electrons. The van der Waals surface area contributed by atoms with Crippen LogP contribution in [0.5, 0.6) is 11.5 Å². The van der Waals surface area contributed by atoms with E-state index in [4.69, 9.17) is 10.5 Å². The monoisotopic (exact) mass is 325 g/mol. The highest BCUT2D eigenvalue weighted by Crippen LogP contribution is 2.25. The molecule has 0 spiro atoms. The van der Waals surface area contributed by atoms with Crippen LogP contribution in [-0.2, 0) is 0 Å². The molecule has 1 amide bonds. The summed E-state index contributed by atoms with van der Waals surface area (Å²) in [6, 6.07) is 10.5. The number of rotatable bonds is 5. The molecular weight excluding hydrogens is 310 g/mol. The van der Waals surface area contributed by atoms with Crippen molar-refractivity contribution in [3.63, 3.8) is 0 Å². The summed E-state index contributed by atoms with van der Waals surface area (Å²) in [4.78, 5) is 18.4. The van der Waals surface area contributed by atoms with Gasteiger partial charge in [0.25, 0.3) is 5.91 Å². The Kier molecular flexibility index (Phi) is 4.23. The molecule has 0 unspecified atom stereocenters. The SMILES string of the molecule is CNC(=O)c1cc(Oc2cccc(Nc3nnc(N)[nH]3)c2)ccn1. The van der Waals surface area contributed by atoms with Crippen molar-refractivity contribution in [2.24, 2.45) is 0 Å². The molecule has 0 saturated carbocycles. The minimum absolute atomic E-state index is 0.225. The Bertz CT molecular complexity index is 862. The van der Waals surface area contributed by atoms with Crippen LogP contribution < -0.4 is 21.1 Å². The number of anilines is 3. The quantitative estimate of drug-likeness (QED) is 0.561. The first-order valence-electron chi connectivity index (χ1n) is 7.05. The van der Waals surface area contributed by atoms with Gasteiger partial charge in [-0.1, -0.05) is 6.07 Å². The molecule has 0 aliphatic carbocycles. The fourth-order valence-electron chi connectivity index (χ4n) is 1.97. The summed E-state index contributed by atoms with van der Waals surface area (Å²) in [6.45, 7) is 0. The van der Waals surface area contributed by atoms with E-state index in [1.807, 2.05) is 12.1 Å². The fraction of sp³-hybridized carbons (Fsp3) is 0.0667. The van der Waals surface area contributed by atoms with E-state index in [1.54, 1.807) is 31.3 Å². The van der Waals surface area contributed by atoms with Gasteiger partial charge < -0.3 is 21.1 Å². The topological polar surface area (TPSA) is 131 Å². The highest BCUT2D eigenvalue weighted by molar-refractivity contribution is 5.92. The second kappa shape index (κ2) is 6.65. The minimum atomic E-state index is -0.279. The number of aromatic nitrogens is 4. The molecule has 0 aliphatic rings. The molecule has 3 rings (SSSR count). The van der Waals surface area contributed by atoms with E-state index >= 15 is 0 Å². The maximum absolute atomic E-state index is 11.6. The molecule has 5 N–H and O–H groups in total. The number of carbonyl (C=O) groups is 1. The zero-order chi connectivity index (χ0) is 16.9. The van der Waals surface area contributed by atoms with Crippen LogP contribution >= 0.6 is 0 Å². The number of nitrogens with two attached hydrogens (primary N) is 1. The third-order valence-electron chi connectivity index (χ3n) is 3.03. The second-order valence-electron chi connectivity index (χ2n) is 4.77. The molecule has 0 bridgehead atoms. The van der Waals surface area contributed by atoms with Crippen LogP contribution in [0.1, 0.15) is 10.5 Å². The Hall–Kier alpha value is -3.62. The summed E-state index contributed by atoms with van der Waals surface area (Å²) in [6.07, 6.45) is 1.51. The van der Waals surface area contributed by atoms with E-state index in [-0.39, 0.29) is 17.5 Å². The van der Waals surface area contributed by atoms with Gasteiger partial charge in [0.05, 0.1) is 0 Å². The van der Waals surface area contributed by atoms with Gasteiger partial charge in [-0.15, -0.1) is 10.2 Å². The van der Waals surface area contributed by atoms with Gasteiger partial charge in [0.1, 0.15) is 17.2 Å². The molecule has 0 aliphatic heterocycles. The molecule has 9 nitrogen and oxygen atoms in total. The molecule has 0 fully saturated rings. The summed E-state index contributed by atoms with van der Waals surface area (Å²) >= 11 is 0. The number of hydrogen-bond donors (Lipinski definition) is 4. The minimum Gasteiger partial charge on any atom is -0.457 e. The second-order valence-corrected chi connectivity index (χ2v) is 4.77. The van der Waals surface area contributed by atoms with Gasteiger partial charge in [0, 0.05) is 31.1 Å². The molecule has 0 saturated heterocycles. The molecule has 1 aromatic carbocycles. The van der Waals surface area contributed by atoms with Crippen LogP contribution in [0.4, 0.5) is 17.6 Å². The van der Waals surface area contributed by atoms with Crippen LogP contribution in [-0.4, -0.2) is 33.1 Å². The van der Waals surface area contributed by atoms with Gasteiger partial charge in [-0.2, -0.15) is 0 Å². The number of nitrogen functional groups attached to an aromatic ring is 1. The first kappa shape index (κ1) is 15.3. The van der Waals surface area contributed by atoms with Gasteiger partial charge in [-0.25, -0.2) is 0 Å². The van der Waals surface area contributed by atoms with E-state index in [0.717, 1.165) is 5.69 Å². The summed E-state index contributed by atoms with van der Waals surface area (Å²) < 4.78 is 5.77. The summed E-state index contributed by atoms with van der Waals surface area (Å²) in [5.41, 5.74) is 6.50. The van der Waals surface area contributed by atoms with Gasteiger partial charge in [-0.05, 0) is 18.2 Å². The fourth-order valence-corrected chi connectivity index (χ4v) is 1.97. The molecule has 9 heteroatoms. The van der Waals surface area contributed by atoms with Crippen molar-refractivity contribution in [3.8, 4) is 11.5 Å². The predicted molar refractivity (Wildman–Crippen MR) is 88.2 cm³/mol. The van der Waals surface area contributed by atoms with E-state index < -0.39 is 0 Å². The lowest BCUT2D eigenvalue weighted by atomic mass is 10.3. The van der Waals surface area contributed by atoms with E-state index in [0.29, 0.717) is 17.4 Å². The van der Waals surface area contributed by atoms with Gasteiger partial charge in [-0.3, -0.25) is 14.8 Å². The largest absolute Gasteiger partial charge is 0.457 e. The van der Waals surface area contributed by atoms with Gasteiger partial charge >= 0.3 is 0 Å². The Labute approximate surface area is 137 Å². The lowest BCUT2D eigenvalue weighted by molar-refractivity contribution is 0.0958.